The van der Waals surface area contributed by atoms with Gasteiger partial charge in [0, 0.05) is 18.9 Å². The fourth-order valence-electron chi connectivity index (χ4n) is 1.26. The molecule has 2 rings (SSSR count). The zero-order valence-electron chi connectivity index (χ0n) is 6.63. The van der Waals surface area contributed by atoms with E-state index in [0.717, 1.165) is 6.54 Å². The molecule has 0 aromatic carbocycles. The van der Waals surface area contributed by atoms with Crippen LogP contribution in [-0.2, 0) is 6.54 Å². The van der Waals surface area contributed by atoms with Crippen LogP contribution in [0.3, 0.4) is 0 Å². The fraction of sp³-hybridized carbons (Fsp3) is 0.625. The van der Waals surface area contributed by atoms with Crippen molar-refractivity contribution in [3.8, 4) is 0 Å². The van der Waals surface area contributed by atoms with Gasteiger partial charge in [-0.05, 0) is 18.3 Å². The topological polar surface area (TPSA) is 37.8 Å². The molecule has 0 spiro atoms. The maximum absolute atomic E-state index is 11.0. The summed E-state index contributed by atoms with van der Waals surface area (Å²) in [7, 11) is 0. The van der Waals surface area contributed by atoms with Gasteiger partial charge in [-0.1, -0.05) is 6.92 Å². The molecule has 1 aliphatic rings. The average molecular weight is 152 g/mol. The Morgan fingerprint density at radius 3 is 2.91 bits per heavy atom. The Labute approximate surface area is 65.1 Å². The van der Waals surface area contributed by atoms with Crippen LogP contribution in [0.15, 0.2) is 17.2 Å². The minimum Gasteiger partial charge on any atom is -0.313 e. The lowest BCUT2D eigenvalue weighted by atomic mass is 10.1. The predicted molar refractivity (Wildman–Crippen MR) is 42.4 cm³/mol. The summed E-state index contributed by atoms with van der Waals surface area (Å²) in [6, 6.07) is 0. The monoisotopic (exact) mass is 152 g/mol. The number of imidazole rings is 1. The third-order valence-electron chi connectivity index (χ3n) is 2.38. The van der Waals surface area contributed by atoms with Crippen LogP contribution in [0.5, 0.6) is 0 Å². The van der Waals surface area contributed by atoms with Crippen molar-refractivity contribution in [2.45, 2.75) is 26.3 Å². The van der Waals surface area contributed by atoms with Gasteiger partial charge in [0.05, 0.1) is 0 Å². The van der Waals surface area contributed by atoms with Crippen LogP contribution in [0.2, 0.25) is 0 Å². The minimum atomic E-state index is 0.0122. The zero-order chi connectivity index (χ0) is 7.90. The quantitative estimate of drug-likeness (QED) is 0.673. The summed E-state index contributed by atoms with van der Waals surface area (Å²) in [4.78, 5) is 13.7. The minimum absolute atomic E-state index is 0.0122. The van der Waals surface area contributed by atoms with Gasteiger partial charge in [0.15, 0.2) is 0 Å². The first-order valence-corrected chi connectivity index (χ1v) is 3.93. The highest BCUT2D eigenvalue weighted by atomic mass is 16.1. The van der Waals surface area contributed by atoms with Crippen molar-refractivity contribution in [3.63, 3.8) is 0 Å². The van der Waals surface area contributed by atoms with Crippen LogP contribution < -0.4 is 5.69 Å². The van der Waals surface area contributed by atoms with Crippen LogP contribution >= 0.6 is 0 Å². The molecule has 1 heterocycles. The van der Waals surface area contributed by atoms with E-state index in [2.05, 4.69) is 11.9 Å². The Morgan fingerprint density at radius 2 is 2.45 bits per heavy atom. The lowest BCUT2D eigenvalue weighted by Gasteiger charge is -2.06. The van der Waals surface area contributed by atoms with Gasteiger partial charge in [0.1, 0.15) is 0 Å². The van der Waals surface area contributed by atoms with Gasteiger partial charge in [-0.2, -0.15) is 0 Å². The highest BCUT2D eigenvalue weighted by molar-refractivity contribution is 4.90. The Hall–Kier alpha value is -0.990. The molecule has 0 aliphatic heterocycles. The lowest BCUT2D eigenvalue weighted by molar-refractivity contribution is 0.456. The van der Waals surface area contributed by atoms with E-state index in [0.29, 0.717) is 5.41 Å². The molecule has 1 aromatic rings. The summed E-state index contributed by atoms with van der Waals surface area (Å²) in [5.74, 6) is 0. The summed E-state index contributed by atoms with van der Waals surface area (Å²) in [5, 5.41) is 0. The summed E-state index contributed by atoms with van der Waals surface area (Å²) in [6.45, 7) is 3.09. The molecule has 0 bridgehead atoms. The first-order valence-electron chi connectivity index (χ1n) is 3.93. The van der Waals surface area contributed by atoms with Crippen molar-refractivity contribution in [1.29, 1.82) is 0 Å². The predicted octanol–water partition coefficient (Wildman–Crippen LogP) is 0.976. The van der Waals surface area contributed by atoms with Gasteiger partial charge in [0.25, 0.3) is 0 Å². The van der Waals surface area contributed by atoms with Crippen molar-refractivity contribution in [2.24, 2.45) is 5.41 Å². The molecule has 0 saturated heterocycles. The van der Waals surface area contributed by atoms with E-state index in [9.17, 15) is 4.79 Å². The van der Waals surface area contributed by atoms with Crippen molar-refractivity contribution < 1.29 is 0 Å². The maximum atomic E-state index is 11.0. The molecule has 60 valence electrons. The molecule has 11 heavy (non-hydrogen) atoms. The molecular formula is C8H12N2O. The van der Waals surface area contributed by atoms with Crippen molar-refractivity contribution in [2.75, 3.05) is 0 Å². The van der Waals surface area contributed by atoms with E-state index < -0.39 is 0 Å². The smallest absolute Gasteiger partial charge is 0.313 e. The van der Waals surface area contributed by atoms with Crippen LogP contribution in [-0.4, -0.2) is 9.55 Å². The molecular weight excluding hydrogens is 140 g/mol. The third kappa shape index (κ3) is 1.23. The number of aromatic amines is 1. The van der Waals surface area contributed by atoms with Crippen LogP contribution in [0, 0.1) is 5.41 Å². The lowest BCUT2D eigenvalue weighted by Crippen LogP contribution is -2.20. The number of rotatable bonds is 2. The molecule has 3 nitrogen and oxygen atoms in total. The van der Waals surface area contributed by atoms with Crippen molar-refractivity contribution >= 4 is 0 Å². The number of H-pyrrole nitrogens is 1. The van der Waals surface area contributed by atoms with E-state index in [-0.39, 0.29) is 5.69 Å². The summed E-state index contributed by atoms with van der Waals surface area (Å²) in [5.41, 5.74) is 0.421. The Morgan fingerprint density at radius 1 is 1.73 bits per heavy atom. The first kappa shape index (κ1) is 6.70. The first-order chi connectivity index (χ1) is 5.20. The van der Waals surface area contributed by atoms with Crippen LogP contribution in [0.1, 0.15) is 19.8 Å². The van der Waals surface area contributed by atoms with Crippen LogP contribution in [0.25, 0.3) is 0 Å². The van der Waals surface area contributed by atoms with Gasteiger partial charge in [-0.3, -0.25) is 4.57 Å². The molecule has 3 heteroatoms. The van der Waals surface area contributed by atoms with E-state index in [1.807, 2.05) is 6.20 Å². The number of hydrogen-bond donors (Lipinski definition) is 1. The second-order valence-electron chi connectivity index (χ2n) is 3.70. The molecule has 0 radical (unpaired) electrons. The number of hydrogen-bond acceptors (Lipinski definition) is 1. The maximum Gasteiger partial charge on any atom is 0.325 e. The van der Waals surface area contributed by atoms with Crippen molar-refractivity contribution in [3.05, 3.63) is 22.9 Å². The molecule has 1 N–H and O–H groups in total. The SMILES string of the molecule is CC1(Cn2cc[nH]c2=O)CC1. The summed E-state index contributed by atoms with van der Waals surface area (Å²) < 4.78 is 1.74. The Balaban J connectivity index is 2.18. The summed E-state index contributed by atoms with van der Waals surface area (Å²) in [6.07, 6.45) is 6.01. The van der Waals surface area contributed by atoms with Gasteiger partial charge < -0.3 is 4.98 Å². The van der Waals surface area contributed by atoms with E-state index >= 15 is 0 Å². The highest BCUT2D eigenvalue weighted by Crippen LogP contribution is 2.45. The normalized spacial score (nSPS) is 20.1. The number of nitrogens with one attached hydrogen (secondary N) is 1. The highest BCUT2D eigenvalue weighted by Gasteiger charge is 2.37. The van der Waals surface area contributed by atoms with E-state index in [1.165, 1.54) is 12.8 Å². The second-order valence-corrected chi connectivity index (χ2v) is 3.70. The van der Waals surface area contributed by atoms with Gasteiger partial charge in [-0.15, -0.1) is 0 Å². The molecule has 1 aliphatic carbocycles. The van der Waals surface area contributed by atoms with E-state index in [4.69, 9.17) is 0 Å². The molecule has 0 atom stereocenters. The third-order valence-corrected chi connectivity index (χ3v) is 2.38. The number of nitrogens with zero attached hydrogens (tertiary/aromatic N) is 1. The molecule has 0 unspecified atom stereocenters. The Kier molecular flexibility index (Phi) is 1.22. The molecule has 1 saturated carbocycles. The molecule has 1 fully saturated rings. The molecule has 1 aromatic heterocycles. The second kappa shape index (κ2) is 2.00. The summed E-state index contributed by atoms with van der Waals surface area (Å²) >= 11 is 0. The zero-order valence-corrected chi connectivity index (χ0v) is 6.63. The average Bonchev–Trinajstić information content (AvgIpc) is 2.54. The standard InChI is InChI=1S/C8H12N2O/c1-8(2-3-8)6-10-5-4-9-7(10)11/h4-5H,2-3,6H2,1H3,(H,9,11). The van der Waals surface area contributed by atoms with Crippen molar-refractivity contribution in [1.82, 2.24) is 9.55 Å². The van der Waals surface area contributed by atoms with E-state index in [1.54, 1.807) is 10.8 Å². The Bertz CT molecular complexity index is 306. The van der Waals surface area contributed by atoms with Crippen LogP contribution in [0.4, 0.5) is 0 Å². The van der Waals surface area contributed by atoms with Gasteiger partial charge in [0.2, 0.25) is 0 Å². The number of aromatic nitrogens is 2. The van der Waals surface area contributed by atoms with Gasteiger partial charge in [-0.25, -0.2) is 4.79 Å². The molecule has 0 amide bonds. The fourth-order valence-corrected chi connectivity index (χ4v) is 1.26. The largest absolute Gasteiger partial charge is 0.325 e. The van der Waals surface area contributed by atoms with Gasteiger partial charge >= 0.3 is 5.69 Å².